The zero-order valence-electron chi connectivity index (χ0n) is 14.8. The average Bonchev–Trinajstić information content (AvgIpc) is 2.99. The summed E-state index contributed by atoms with van der Waals surface area (Å²) in [5.41, 5.74) is -0.281. The topological polar surface area (TPSA) is 87.5 Å². The van der Waals surface area contributed by atoms with E-state index in [2.05, 4.69) is 4.98 Å². The molecule has 0 aliphatic carbocycles. The van der Waals surface area contributed by atoms with Crippen LogP contribution >= 0.6 is 11.3 Å². The molecule has 7 nitrogen and oxygen atoms in total. The van der Waals surface area contributed by atoms with E-state index in [-0.39, 0.29) is 17.6 Å². The van der Waals surface area contributed by atoms with Gasteiger partial charge in [-0.15, -0.1) is 11.3 Å². The molecule has 8 heteroatoms. The fourth-order valence-corrected chi connectivity index (χ4v) is 3.08. The number of hydrogen-bond donors (Lipinski definition) is 0. The van der Waals surface area contributed by atoms with E-state index in [1.807, 2.05) is 13.8 Å². The molecule has 1 unspecified atom stereocenters. The molecular formula is C17H22N2O5S. The minimum Gasteiger partial charge on any atom is -0.464 e. The van der Waals surface area contributed by atoms with Gasteiger partial charge in [-0.25, -0.2) is 14.6 Å². The molecule has 0 N–H and O–H groups in total. The number of carbonyl (C=O) groups is 2. The quantitative estimate of drug-likeness (QED) is 0.700. The molecule has 0 aliphatic rings. The van der Waals surface area contributed by atoms with Crippen LogP contribution in [0.3, 0.4) is 0 Å². The monoisotopic (exact) mass is 366 g/mol. The highest BCUT2D eigenvalue weighted by Crippen LogP contribution is 2.22. The van der Waals surface area contributed by atoms with E-state index in [0.717, 1.165) is 6.42 Å². The fraction of sp³-hybridized carbons (Fsp3) is 0.529. The SMILES string of the molecule is CCOC(=O)c1csc2ncn(C(C)C(=O)OCCC(C)C)c(=O)c12. The first kappa shape index (κ1) is 19.1. The third-order valence-electron chi connectivity index (χ3n) is 3.71. The van der Waals surface area contributed by atoms with E-state index in [1.165, 1.54) is 22.2 Å². The molecule has 0 radical (unpaired) electrons. The van der Waals surface area contributed by atoms with Gasteiger partial charge in [0.2, 0.25) is 0 Å². The van der Waals surface area contributed by atoms with Crippen molar-refractivity contribution in [3.05, 3.63) is 27.6 Å². The molecule has 0 bridgehead atoms. The van der Waals surface area contributed by atoms with Crippen LogP contribution in [-0.4, -0.2) is 34.7 Å². The third-order valence-corrected chi connectivity index (χ3v) is 4.60. The Morgan fingerprint density at radius 1 is 1.28 bits per heavy atom. The second kappa shape index (κ2) is 8.24. The number of aromatic nitrogens is 2. The molecule has 2 aromatic rings. The molecule has 2 aromatic heterocycles. The van der Waals surface area contributed by atoms with Crippen LogP contribution in [0.5, 0.6) is 0 Å². The van der Waals surface area contributed by atoms with E-state index >= 15 is 0 Å². The lowest BCUT2D eigenvalue weighted by Crippen LogP contribution is -2.30. The molecule has 0 saturated heterocycles. The van der Waals surface area contributed by atoms with Gasteiger partial charge in [0.1, 0.15) is 10.9 Å². The predicted molar refractivity (Wildman–Crippen MR) is 95.0 cm³/mol. The number of nitrogens with zero attached hydrogens (tertiary/aromatic N) is 2. The lowest BCUT2D eigenvalue weighted by Gasteiger charge is -2.14. The molecular weight excluding hydrogens is 344 g/mol. The Morgan fingerprint density at radius 3 is 2.64 bits per heavy atom. The second-order valence-electron chi connectivity index (χ2n) is 6.03. The van der Waals surface area contributed by atoms with Gasteiger partial charge in [0, 0.05) is 5.38 Å². The number of carbonyl (C=O) groups excluding carboxylic acids is 2. The molecule has 2 heterocycles. The summed E-state index contributed by atoms with van der Waals surface area (Å²) < 4.78 is 11.4. The number of rotatable bonds is 7. The predicted octanol–water partition coefficient (Wildman–Crippen LogP) is 2.79. The molecule has 25 heavy (non-hydrogen) atoms. The van der Waals surface area contributed by atoms with Crippen molar-refractivity contribution < 1.29 is 19.1 Å². The van der Waals surface area contributed by atoms with E-state index < -0.39 is 23.5 Å². The van der Waals surface area contributed by atoms with Gasteiger partial charge in [0.25, 0.3) is 5.56 Å². The summed E-state index contributed by atoms with van der Waals surface area (Å²) in [6.45, 7) is 7.85. The summed E-state index contributed by atoms with van der Waals surface area (Å²) in [6.07, 6.45) is 2.06. The minimum absolute atomic E-state index is 0.174. The Balaban J connectivity index is 2.31. The van der Waals surface area contributed by atoms with Crippen LogP contribution in [0.1, 0.15) is 50.5 Å². The molecule has 0 fully saturated rings. The van der Waals surface area contributed by atoms with Crippen LogP contribution in [0.25, 0.3) is 10.2 Å². The first-order valence-corrected chi connectivity index (χ1v) is 9.06. The standard InChI is InChI=1S/C17H22N2O5S/c1-5-23-17(22)12-8-25-14-13(12)15(20)19(9-18-14)11(4)16(21)24-7-6-10(2)3/h8-11H,5-7H2,1-4H3. The molecule has 2 rings (SSSR count). The van der Waals surface area contributed by atoms with Crippen molar-refractivity contribution in [1.29, 1.82) is 0 Å². The summed E-state index contributed by atoms with van der Waals surface area (Å²) in [7, 11) is 0. The van der Waals surface area contributed by atoms with Gasteiger partial charge in [-0.05, 0) is 26.2 Å². The second-order valence-corrected chi connectivity index (χ2v) is 6.89. The van der Waals surface area contributed by atoms with Crippen LogP contribution in [-0.2, 0) is 14.3 Å². The number of esters is 2. The van der Waals surface area contributed by atoms with Crippen molar-refractivity contribution in [2.75, 3.05) is 13.2 Å². The minimum atomic E-state index is -0.827. The number of thiophene rings is 1. The van der Waals surface area contributed by atoms with Crippen LogP contribution in [0.2, 0.25) is 0 Å². The van der Waals surface area contributed by atoms with Gasteiger partial charge in [0.15, 0.2) is 0 Å². The maximum Gasteiger partial charge on any atom is 0.339 e. The fourth-order valence-electron chi connectivity index (χ4n) is 2.21. The van der Waals surface area contributed by atoms with Crippen LogP contribution in [0, 0.1) is 5.92 Å². The first-order valence-electron chi connectivity index (χ1n) is 8.18. The maximum atomic E-state index is 12.8. The summed E-state index contributed by atoms with van der Waals surface area (Å²) >= 11 is 1.19. The van der Waals surface area contributed by atoms with Crippen LogP contribution in [0.15, 0.2) is 16.5 Å². The van der Waals surface area contributed by atoms with Crippen molar-refractivity contribution >= 4 is 33.5 Å². The Hall–Kier alpha value is -2.22. The summed E-state index contributed by atoms with van der Waals surface area (Å²) in [5.74, 6) is -0.656. The van der Waals surface area contributed by atoms with Gasteiger partial charge in [-0.2, -0.15) is 0 Å². The third kappa shape index (κ3) is 4.25. The van der Waals surface area contributed by atoms with Gasteiger partial charge < -0.3 is 9.47 Å². The van der Waals surface area contributed by atoms with E-state index in [0.29, 0.717) is 17.4 Å². The van der Waals surface area contributed by atoms with Crippen LogP contribution < -0.4 is 5.56 Å². The van der Waals surface area contributed by atoms with Gasteiger partial charge in [-0.1, -0.05) is 13.8 Å². The largest absolute Gasteiger partial charge is 0.464 e. The summed E-state index contributed by atoms with van der Waals surface area (Å²) in [5, 5.41) is 1.72. The summed E-state index contributed by atoms with van der Waals surface area (Å²) in [6, 6.07) is -0.827. The molecule has 0 aliphatic heterocycles. The van der Waals surface area contributed by atoms with E-state index in [4.69, 9.17) is 9.47 Å². The Morgan fingerprint density at radius 2 is 2.00 bits per heavy atom. The molecule has 136 valence electrons. The van der Waals surface area contributed by atoms with Gasteiger partial charge >= 0.3 is 11.9 Å². The Kier molecular flexibility index (Phi) is 6.30. The molecule has 0 spiro atoms. The normalized spacial score (nSPS) is 12.4. The zero-order chi connectivity index (χ0) is 18.6. The highest BCUT2D eigenvalue weighted by atomic mass is 32.1. The smallest absolute Gasteiger partial charge is 0.339 e. The van der Waals surface area contributed by atoms with Gasteiger partial charge in [-0.3, -0.25) is 9.36 Å². The number of fused-ring (bicyclic) bond motifs is 1. The Labute approximate surface area is 149 Å². The summed E-state index contributed by atoms with van der Waals surface area (Å²) in [4.78, 5) is 41.6. The van der Waals surface area contributed by atoms with Crippen molar-refractivity contribution in [3.8, 4) is 0 Å². The average molecular weight is 366 g/mol. The number of hydrogen-bond acceptors (Lipinski definition) is 7. The molecule has 0 amide bonds. The van der Waals surface area contributed by atoms with E-state index in [1.54, 1.807) is 19.2 Å². The van der Waals surface area contributed by atoms with Crippen molar-refractivity contribution in [1.82, 2.24) is 9.55 Å². The highest BCUT2D eigenvalue weighted by molar-refractivity contribution is 7.17. The number of ether oxygens (including phenoxy) is 2. The molecule has 1 atom stereocenters. The first-order chi connectivity index (χ1) is 11.9. The van der Waals surface area contributed by atoms with Gasteiger partial charge in [0.05, 0.1) is 30.5 Å². The van der Waals surface area contributed by atoms with Crippen molar-refractivity contribution in [2.24, 2.45) is 5.92 Å². The highest BCUT2D eigenvalue weighted by Gasteiger charge is 2.23. The van der Waals surface area contributed by atoms with E-state index in [9.17, 15) is 14.4 Å². The van der Waals surface area contributed by atoms with Crippen molar-refractivity contribution in [2.45, 2.75) is 40.2 Å². The molecule has 0 saturated carbocycles. The molecule has 0 aromatic carbocycles. The zero-order valence-corrected chi connectivity index (χ0v) is 15.6. The lowest BCUT2D eigenvalue weighted by atomic mass is 10.1. The Bertz CT molecular complexity index is 824. The maximum absolute atomic E-state index is 12.8. The lowest BCUT2D eigenvalue weighted by molar-refractivity contribution is -0.147. The van der Waals surface area contributed by atoms with Crippen LogP contribution in [0.4, 0.5) is 0 Å². The van der Waals surface area contributed by atoms with Crippen molar-refractivity contribution in [3.63, 3.8) is 0 Å².